The van der Waals surface area contributed by atoms with Gasteiger partial charge in [0.25, 0.3) is 5.91 Å². The number of benzene rings is 1. The number of rotatable bonds is 6. The monoisotopic (exact) mass is 340 g/mol. The number of hydrogen-bond acceptors (Lipinski definition) is 5. The first-order chi connectivity index (χ1) is 11.5. The average molecular weight is 340 g/mol. The van der Waals surface area contributed by atoms with Crippen molar-refractivity contribution in [3.8, 4) is 0 Å². The van der Waals surface area contributed by atoms with E-state index in [9.17, 15) is 4.79 Å². The molecule has 1 heterocycles. The molecule has 0 fully saturated rings. The number of carbonyl (C=O) groups is 1. The van der Waals surface area contributed by atoms with Gasteiger partial charge >= 0.3 is 0 Å². The quantitative estimate of drug-likeness (QED) is 0.379. The van der Waals surface area contributed by atoms with Gasteiger partial charge in [-0.1, -0.05) is 48.2 Å². The Bertz CT molecular complexity index is 737. The van der Waals surface area contributed by atoms with Crippen LogP contribution < -0.4 is 5.43 Å². The third-order valence-corrected chi connectivity index (χ3v) is 3.79. The lowest BCUT2D eigenvalue weighted by molar-refractivity contribution is -0.118. The highest BCUT2D eigenvalue weighted by Crippen LogP contribution is 2.13. The van der Waals surface area contributed by atoms with Crippen LogP contribution >= 0.6 is 11.8 Å². The summed E-state index contributed by atoms with van der Waals surface area (Å²) in [4.78, 5) is 20.4. The molecule has 0 unspecified atom stereocenters. The molecule has 2 aromatic rings. The van der Waals surface area contributed by atoms with Crippen LogP contribution in [-0.4, -0.2) is 27.8 Å². The Hall–Kier alpha value is -2.47. The number of carbonyl (C=O) groups excluding carboxylic acids is 1. The van der Waals surface area contributed by atoms with Crippen LogP contribution in [0, 0.1) is 13.8 Å². The maximum Gasteiger partial charge on any atom is 0.250 e. The number of hydrazone groups is 1. The Balaban J connectivity index is 1.81. The van der Waals surface area contributed by atoms with Crippen LogP contribution in [0.4, 0.5) is 0 Å². The van der Waals surface area contributed by atoms with E-state index in [0.29, 0.717) is 5.16 Å². The van der Waals surface area contributed by atoms with Crippen molar-refractivity contribution in [2.45, 2.75) is 25.9 Å². The van der Waals surface area contributed by atoms with Gasteiger partial charge in [0.1, 0.15) is 0 Å². The molecule has 1 amide bonds. The van der Waals surface area contributed by atoms with E-state index in [-0.39, 0.29) is 11.7 Å². The molecule has 0 bridgehead atoms. The molecule has 0 radical (unpaired) electrons. The van der Waals surface area contributed by atoms with E-state index in [0.717, 1.165) is 22.5 Å². The van der Waals surface area contributed by atoms with Gasteiger partial charge in [0, 0.05) is 11.4 Å². The minimum Gasteiger partial charge on any atom is -0.272 e. The van der Waals surface area contributed by atoms with Crippen LogP contribution in [0.15, 0.2) is 52.2 Å². The van der Waals surface area contributed by atoms with Crippen molar-refractivity contribution >= 4 is 30.0 Å². The second-order valence-corrected chi connectivity index (χ2v) is 6.26. The highest BCUT2D eigenvalue weighted by molar-refractivity contribution is 7.99. The van der Waals surface area contributed by atoms with Crippen molar-refractivity contribution in [3.63, 3.8) is 0 Å². The van der Waals surface area contributed by atoms with E-state index in [2.05, 4.69) is 20.5 Å². The topological polar surface area (TPSA) is 67.2 Å². The fourth-order valence-corrected chi connectivity index (χ4v) is 2.72. The lowest BCUT2D eigenvalue weighted by atomic mass is 10.1. The Morgan fingerprint density at radius 1 is 1.21 bits per heavy atom. The maximum atomic E-state index is 11.8. The Morgan fingerprint density at radius 3 is 2.54 bits per heavy atom. The molecule has 5 nitrogen and oxygen atoms in total. The van der Waals surface area contributed by atoms with Gasteiger partial charge in [0.2, 0.25) is 0 Å². The highest BCUT2D eigenvalue weighted by atomic mass is 32.2. The van der Waals surface area contributed by atoms with E-state index < -0.39 is 0 Å². The fourth-order valence-electron chi connectivity index (χ4n) is 1.98. The van der Waals surface area contributed by atoms with Crippen molar-refractivity contribution < 1.29 is 4.79 Å². The number of thioether (sulfide) groups is 1. The van der Waals surface area contributed by atoms with Crippen LogP contribution in [0.3, 0.4) is 0 Å². The minimum absolute atomic E-state index is 0.188. The summed E-state index contributed by atoms with van der Waals surface area (Å²) in [5.41, 5.74) is 6.34. The average Bonchev–Trinajstić information content (AvgIpc) is 2.53. The molecular formula is C18H20N4OS. The first-order valence-electron chi connectivity index (χ1n) is 7.53. The van der Waals surface area contributed by atoms with Gasteiger partial charge in [-0.25, -0.2) is 15.4 Å². The van der Waals surface area contributed by atoms with Gasteiger partial charge in [-0.2, -0.15) is 5.10 Å². The molecule has 124 valence electrons. The Morgan fingerprint density at radius 2 is 1.88 bits per heavy atom. The third kappa shape index (κ3) is 6.34. The summed E-state index contributed by atoms with van der Waals surface area (Å²) in [5.74, 6) is 0.0355. The van der Waals surface area contributed by atoms with Crippen molar-refractivity contribution in [2.24, 2.45) is 5.10 Å². The number of aryl methyl sites for hydroxylation is 2. The molecule has 24 heavy (non-hydrogen) atoms. The van der Waals surface area contributed by atoms with Gasteiger partial charge in [-0.15, -0.1) is 0 Å². The fraction of sp³-hybridized carbons (Fsp3) is 0.222. The second kappa shape index (κ2) is 8.98. The van der Waals surface area contributed by atoms with Crippen molar-refractivity contribution in [1.82, 2.24) is 15.4 Å². The van der Waals surface area contributed by atoms with Gasteiger partial charge in [0.15, 0.2) is 5.16 Å². The Labute approximate surface area is 146 Å². The summed E-state index contributed by atoms with van der Waals surface area (Å²) in [6.45, 7) is 5.75. The first kappa shape index (κ1) is 17.9. The van der Waals surface area contributed by atoms with Crippen LogP contribution in [-0.2, 0) is 4.79 Å². The molecule has 2 rings (SSSR count). The van der Waals surface area contributed by atoms with Gasteiger partial charge in [0.05, 0.1) is 12.0 Å². The summed E-state index contributed by atoms with van der Waals surface area (Å²) in [6, 6.07) is 11.8. The zero-order chi connectivity index (χ0) is 17.4. The van der Waals surface area contributed by atoms with Crippen LogP contribution in [0.1, 0.15) is 23.9 Å². The molecule has 0 spiro atoms. The van der Waals surface area contributed by atoms with Crippen LogP contribution in [0.25, 0.3) is 6.08 Å². The third-order valence-electron chi connectivity index (χ3n) is 2.95. The molecule has 6 heteroatoms. The summed E-state index contributed by atoms with van der Waals surface area (Å²) in [5, 5.41) is 4.57. The van der Waals surface area contributed by atoms with Gasteiger partial charge in [-0.3, -0.25) is 4.79 Å². The van der Waals surface area contributed by atoms with Gasteiger partial charge < -0.3 is 0 Å². The molecule has 0 saturated heterocycles. The van der Waals surface area contributed by atoms with Gasteiger partial charge in [-0.05, 0) is 38.0 Å². The van der Waals surface area contributed by atoms with Crippen molar-refractivity contribution in [1.29, 1.82) is 0 Å². The zero-order valence-corrected chi connectivity index (χ0v) is 14.8. The van der Waals surface area contributed by atoms with E-state index in [4.69, 9.17) is 0 Å². The standard InChI is InChI=1S/C18H20N4OS/c1-13(9-16-7-5-4-6-8-16)11-19-22-17(23)12-24-18-20-14(2)10-15(3)21-18/h4-11H,12H2,1-3H3,(H,22,23)/b13-9+,19-11-. The smallest absolute Gasteiger partial charge is 0.250 e. The number of amides is 1. The van der Waals surface area contributed by atoms with Crippen LogP contribution in [0.2, 0.25) is 0 Å². The predicted molar refractivity (Wildman–Crippen MR) is 99.0 cm³/mol. The molecule has 0 saturated carbocycles. The number of nitrogens with one attached hydrogen (secondary N) is 1. The van der Waals surface area contributed by atoms with E-state index >= 15 is 0 Å². The molecular weight excluding hydrogens is 320 g/mol. The molecule has 1 aromatic carbocycles. The minimum atomic E-state index is -0.188. The van der Waals surface area contributed by atoms with Crippen LogP contribution in [0.5, 0.6) is 0 Å². The lowest BCUT2D eigenvalue weighted by Gasteiger charge is -2.02. The number of allylic oxidation sites excluding steroid dienone is 1. The number of hydrogen-bond donors (Lipinski definition) is 1. The molecule has 0 atom stereocenters. The Kier molecular flexibility index (Phi) is 6.69. The molecule has 0 aliphatic carbocycles. The number of aromatic nitrogens is 2. The molecule has 0 aliphatic heterocycles. The highest BCUT2D eigenvalue weighted by Gasteiger charge is 2.05. The van der Waals surface area contributed by atoms with E-state index in [1.165, 1.54) is 11.8 Å². The van der Waals surface area contributed by atoms with Crippen molar-refractivity contribution in [3.05, 3.63) is 58.9 Å². The summed E-state index contributed by atoms with van der Waals surface area (Å²) < 4.78 is 0. The summed E-state index contributed by atoms with van der Waals surface area (Å²) in [7, 11) is 0. The first-order valence-corrected chi connectivity index (χ1v) is 8.52. The molecule has 1 aromatic heterocycles. The SMILES string of the molecule is CC(/C=N\NC(=O)CSc1nc(C)cc(C)n1)=C\c1ccccc1. The maximum absolute atomic E-state index is 11.8. The summed E-state index contributed by atoms with van der Waals surface area (Å²) >= 11 is 1.30. The lowest BCUT2D eigenvalue weighted by Crippen LogP contribution is -2.19. The largest absolute Gasteiger partial charge is 0.272 e. The zero-order valence-electron chi connectivity index (χ0n) is 14.0. The number of nitrogens with zero attached hydrogens (tertiary/aromatic N) is 3. The summed E-state index contributed by atoms with van der Waals surface area (Å²) in [6.07, 6.45) is 3.62. The van der Waals surface area contributed by atoms with Crippen molar-refractivity contribution in [2.75, 3.05) is 5.75 Å². The predicted octanol–water partition coefficient (Wildman–Crippen LogP) is 3.39. The van der Waals surface area contributed by atoms with E-state index in [1.807, 2.05) is 63.2 Å². The second-order valence-electron chi connectivity index (χ2n) is 5.31. The molecule has 0 aliphatic rings. The normalized spacial score (nSPS) is 11.7. The van der Waals surface area contributed by atoms with E-state index in [1.54, 1.807) is 6.21 Å². The molecule has 1 N–H and O–H groups in total.